The number of benzene rings is 1. The number of fused-ring (bicyclic) bond motifs is 1. The number of rotatable bonds is 3. The lowest BCUT2D eigenvalue weighted by molar-refractivity contribution is 0.0940. The number of halogens is 1. The number of aromatic nitrogens is 1. The third-order valence-electron chi connectivity index (χ3n) is 2.25. The van der Waals surface area contributed by atoms with Gasteiger partial charge in [0.15, 0.2) is 0 Å². The highest BCUT2D eigenvalue weighted by molar-refractivity contribution is 6.35. The lowest BCUT2D eigenvalue weighted by Gasteiger charge is -1.99. The van der Waals surface area contributed by atoms with Gasteiger partial charge in [0.1, 0.15) is 5.69 Å². The number of carbonyl (C=O) groups excluding carboxylic acids is 1. The molecule has 0 saturated carbocycles. The van der Waals surface area contributed by atoms with Crippen LogP contribution in [0.1, 0.15) is 10.5 Å². The summed E-state index contributed by atoms with van der Waals surface area (Å²) < 4.78 is 0. The average molecular weight is 239 g/mol. The summed E-state index contributed by atoms with van der Waals surface area (Å²) in [6, 6.07) is 7.19. The molecule has 1 amide bonds. The van der Waals surface area contributed by atoms with E-state index in [1.807, 2.05) is 12.1 Å². The summed E-state index contributed by atoms with van der Waals surface area (Å²) >= 11 is 5.98. The molecule has 0 aliphatic heterocycles. The van der Waals surface area contributed by atoms with E-state index in [1.54, 1.807) is 12.1 Å². The summed E-state index contributed by atoms with van der Waals surface area (Å²) in [6.07, 6.45) is 0. The van der Waals surface area contributed by atoms with Crippen LogP contribution < -0.4 is 5.32 Å². The molecule has 0 radical (unpaired) electrons. The molecule has 1 heterocycles. The van der Waals surface area contributed by atoms with Crippen LogP contribution in [0, 0.1) is 0 Å². The third kappa shape index (κ3) is 2.03. The number of aromatic amines is 1. The van der Waals surface area contributed by atoms with E-state index in [2.05, 4.69) is 10.3 Å². The molecule has 1 aromatic heterocycles. The van der Waals surface area contributed by atoms with Crippen LogP contribution in [0.2, 0.25) is 5.02 Å². The van der Waals surface area contributed by atoms with Crippen molar-refractivity contribution in [2.75, 3.05) is 13.2 Å². The lowest BCUT2D eigenvalue weighted by Crippen LogP contribution is -2.26. The van der Waals surface area contributed by atoms with Gasteiger partial charge in [-0.05, 0) is 12.1 Å². The van der Waals surface area contributed by atoms with Crippen LogP contribution in [0.3, 0.4) is 0 Å². The lowest BCUT2D eigenvalue weighted by atomic mass is 10.2. The van der Waals surface area contributed by atoms with E-state index in [-0.39, 0.29) is 19.1 Å². The van der Waals surface area contributed by atoms with Crippen LogP contribution in [-0.2, 0) is 0 Å². The molecule has 0 bridgehead atoms. The second-order valence-corrected chi connectivity index (χ2v) is 3.77. The Labute approximate surface area is 97.2 Å². The van der Waals surface area contributed by atoms with Gasteiger partial charge >= 0.3 is 0 Å². The summed E-state index contributed by atoms with van der Waals surface area (Å²) in [6.45, 7) is 0.161. The van der Waals surface area contributed by atoms with E-state index < -0.39 is 0 Å². The highest BCUT2D eigenvalue weighted by Gasteiger charge is 2.09. The molecule has 0 fully saturated rings. The Kier molecular flexibility index (Phi) is 3.12. The van der Waals surface area contributed by atoms with Crippen LogP contribution in [0.15, 0.2) is 24.3 Å². The van der Waals surface area contributed by atoms with Crippen molar-refractivity contribution >= 4 is 28.4 Å². The minimum atomic E-state index is -0.249. The fraction of sp³-hybridized carbons (Fsp3) is 0.182. The van der Waals surface area contributed by atoms with Crippen molar-refractivity contribution in [1.82, 2.24) is 10.3 Å². The standard InChI is InChI=1S/C11H11ClN2O2/c12-8-3-1-2-7-6-9(14-10(7)8)11(16)13-4-5-15/h1-3,6,14-15H,4-5H2,(H,13,16). The molecule has 0 atom stereocenters. The van der Waals surface area contributed by atoms with Crippen molar-refractivity contribution < 1.29 is 9.90 Å². The van der Waals surface area contributed by atoms with Gasteiger partial charge in [-0.15, -0.1) is 0 Å². The van der Waals surface area contributed by atoms with E-state index in [0.717, 1.165) is 10.9 Å². The number of amides is 1. The summed E-state index contributed by atoms with van der Waals surface area (Å²) in [7, 11) is 0. The second-order valence-electron chi connectivity index (χ2n) is 3.37. The number of aliphatic hydroxyl groups excluding tert-OH is 1. The molecule has 3 N–H and O–H groups in total. The van der Waals surface area contributed by atoms with Crippen molar-refractivity contribution in [3.8, 4) is 0 Å². The van der Waals surface area contributed by atoms with Gasteiger partial charge in [0.25, 0.3) is 5.91 Å². The predicted octanol–water partition coefficient (Wildman–Crippen LogP) is 1.54. The van der Waals surface area contributed by atoms with Crippen molar-refractivity contribution in [3.05, 3.63) is 35.0 Å². The molecule has 1 aromatic carbocycles. The summed E-state index contributed by atoms with van der Waals surface area (Å²) in [4.78, 5) is 14.5. The van der Waals surface area contributed by atoms with Gasteiger partial charge < -0.3 is 15.4 Å². The molecule has 0 aliphatic carbocycles. The van der Waals surface area contributed by atoms with Gasteiger partial charge in [-0.2, -0.15) is 0 Å². The number of hydrogen-bond donors (Lipinski definition) is 3. The largest absolute Gasteiger partial charge is 0.395 e. The third-order valence-corrected chi connectivity index (χ3v) is 2.56. The minimum absolute atomic E-state index is 0.0767. The van der Waals surface area contributed by atoms with Crippen LogP contribution in [0.5, 0.6) is 0 Å². The van der Waals surface area contributed by atoms with Crippen LogP contribution in [0.25, 0.3) is 10.9 Å². The number of H-pyrrole nitrogens is 1. The molecule has 16 heavy (non-hydrogen) atoms. The zero-order chi connectivity index (χ0) is 11.5. The van der Waals surface area contributed by atoms with Gasteiger partial charge in [-0.25, -0.2) is 0 Å². The van der Waals surface area contributed by atoms with Crippen LogP contribution in [0.4, 0.5) is 0 Å². The first kappa shape index (κ1) is 11.0. The first-order valence-electron chi connectivity index (χ1n) is 4.88. The van der Waals surface area contributed by atoms with Gasteiger partial charge in [0.2, 0.25) is 0 Å². The maximum absolute atomic E-state index is 11.6. The number of nitrogens with one attached hydrogen (secondary N) is 2. The number of hydrogen-bond acceptors (Lipinski definition) is 2. The average Bonchev–Trinajstić information content (AvgIpc) is 2.71. The fourth-order valence-corrected chi connectivity index (χ4v) is 1.74. The second kappa shape index (κ2) is 4.55. The molecule has 0 unspecified atom stereocenters. The maximum Gasteiger partial charge on any atom is 0.267 e. The molecule has 2 aromatic rings. The minimum Gasteiger partial charge on any atom is -0.395 e. The van der Waals surface area contributed by atoms with Crippen molar-refractivity contribution in [3.63, 3.8) is 0 Å². The number of carbonyl (C=O) groups is 1. The monoisotopic (exact) mass is 238 g/mol. The van der Waals surface area contributed by atoms with Crippen LogP contribution in [-0.4, -0.2) is 29.1 Å². The van der Waals surface area contributed by atoms with Crippen molar-refractivity contribution in [1.29, 1.82) is 0 Å². The Morgan fingerprint density at radius 1 is 1.50 bits per heavy atom. The molecule has 0 aliphatic rings. The Morgan fingerprint density at radius 3 is 3.00 bits per heavy atom. The van der Waals surface area contributed by atoms with E-state index in [1.165, 1.54) is 0 Å². The van der Waals surface area contributed by atoms with Gasteiger partial charge in [-0.3, -0.25) is 4.79 Å². The maximum atomic E-state index is 11.6. The molecular formula is C11H11ClN2O2. The highest BCUT2D eigenvalue weighted by Crippen LogP contribution is 2.23. The highest BCUT2D eigenvalue weighted by atomic mass is 35.5. The first-order chi connectivity index (χ1) is 7.72. The van der Waals surface area contributed by atoms with E-state index in [9.17, 15) is 4.79 Å². The quantitative estimate of drug-likeness (QED) is 0.760. The van der Waals surface area contributed by atoms with Crippen molar-refractivity contribution in [2.45, 2.75) is 0 Å². The van der Waals surface area contributed by atoms with Gasteiger partial charge in [0.05, 0.1) is 17.1 Å². The normalized spacial score (nSPS) is 10.6. The first-order valence-corrected chi connectivity index (χ1v) is 5.26. The molecular weight excluding hydrogens is 228 g/mol. The molecule has 0 saturated heterocycles. The van der Waals surface area contributed by atoms with Gasteiger partial charge in [-0.1, -0.05) is 23.7 Å². The zero-order valence-electron chi connectivity index (χ0n) is 8.46. The van der Waals surface area contributed by atoms with Crippen molar-refractivity contribution in [2.24, 2.45) is 0 Å². The smallest absolute Gasteiger partial charge is 0.267 e. The number of aliphatic hydroxyl groups is 1. The predicted molar refractivity (Wildman–Crippen MR) is 62.7 cm³/mol. The Bertz CT molecular complexity index is 522. The molecule has 4 nitrogen and oxygen atoms in total. The summed E-state index contributed by atoms with van der Waals surface area (Å²) in [5.41, 5.74) is 1.19. The number of para-hydroxylation sites is 1. The van der Waals surface area contributed by atoms with E-state index in [4.69, 9.17) is 16.7 Å². The zero-order valence-corrected chi connectivity index (χ0v) is 9.21. The van der Waals surface area contributed by atoms with Gasteiger partial charge in [0, 0.05) is 11.9 Å². The summed E-state index contributed by atoms with van der Waals surface area (Å²) in [5, 5.41) is 12.6. The molecule has 5 heteroatoms. The Balaban J connectivity index is 2.32. The molecule has 2 rings (SSSR count). The Hall–Kier alpha value is -1.52. The SMILES string of the molecule is O=C(NCCO)c1cc2cccc(Cl)c2[nH]1. The molecule has 84 valence electrons. The van der Waals surface area contributed by atoms with E-state index >= 15 is 0 Å². The summed E-state index contributed by atoms with van der Waals surface area (Å²) in [5.74, 6) is -0.249. The van der Waals surface area contributed by atoms with Crippen LogP contribution >= 0.6 is 11.6 Å². The molecule has 0 spiro atoms. The fourth-order valence-electron chi connectivity index (χ4n) is 1.51. The Morgan fingerprint density at radius 2 is 2.31 bits per heavy atom. The van der Waals surface area contributed by atoms with E-state index in [0.29, 0.717) is 10.7 Å². The topological polar surface area (TPSA) is 65.1 Å².